The van der Waals surface area contributed by atoms with Crippen LogP contribution in [0.1, 0.15) is 13.3 Å². The van der Waals surface area contributed by atoms with Crippen molar-refractivity contribution in [1.82, 2.24) is 0 Å². The summed E-state index contributed by atoms with van der Waals surface area (Å²) in [5, 5.41) is 0. The Morgan fingerprint density at radius 2 is 1.70 bits per heavy atom. The van der Waals surface area contributed by atoms with Gasteiger partial charge in [-0.2, -0.15) is 8.42 Å². The molecule has 0 bridgehead atoms. The molecule has 0 aromatic rings. The lowest BCUT2D eigenvalue weighted by atomic mass is 10.6. The molecule has 60 valence electrons. The Bertz CT molecular complexity index is 189. The van der Waals surface area contributed by atoms with Crippen LogP contribution in [0.2, 0.25) is 0 Å². The van der Waals surface area contributed by atoms with E-state index in [1.165, 1.54) is 0 Å². The van der Waals surface area contributed by atoms with Gasteiger partial charge in [-0.25, -0.2) is 0 Å². The van der Waals surface area contributed by atoms with Gasteiger partial charge in [0, 0.05) is 0 Å². The van der Waals surface area contributed by atoms with Gasteiger partial charge < -0.3 is 0 Å². The highest BCUT2D eigenvalue weighted by atomic mass is 32.2. The van der Waals surface area contributed by atoms with Gasteiger partial charge in [0.1, 0.15) is 0 Å². The van der Waals surface area contributed by atoms with Gasteiger partial charge in [-0.05, 0) is 6.42 Å². The zero-order valence-corrected chi connectivity index (χ0v) is 7.22. The third-order valence-electron chi connectivity index (χ3n) is 0.462. The molecule has 0 unspecified atom stereocenters. The first kappa shape index (κ1) is 12.4. The molecule has 1 N–H and O–H groups in total. The van der Waals surface area contributed by atoms with Crippen molar-refractivity contribution in [2.75, 3.05) is 5.75 Å². The predicted octanol–water partition coefficient (Wildman–Crippen LogP) is -0.334. The second-order valence-corrected chi connectivity index (χ2v) is 3.11. The minimum Gasteiger partial charge on any atom is -0.286 e. The number of hydrogen-bond acceptors (Lipinski definition) is 4. The Kier molecular flexibility index (Phi) is 8.49. The van der Waals surface area contributed by atoms with E-state index in [2.05, 4.69) is 0 Å². The highest BCUT2D eigenvalue weighted by Gasteiger charge is 1.98. The summed E-state index contributed by atoms with van der Waals surface area (Å²) in [5.41, 5.74) is 0. The summed E-state index contributed by atoms with van der Waals surface area (Å²) >= 11 is 0. The van der Waals surface area contributed by atoms with Crippen LogP contribution in [0.5, 0.6) is 0 Å². The van der Waals surface area contributed by atoms with Crippen LogP contribution < -0.4 is 0 Å². The minimum absolute atomic E-state index is 0.132. The molecule has 0 atom stereocenters. The first-order chi connectivity index (χ1) is 4.47. The van der Waals surface area contributed by atoms with Crippen molar-refractivity contribution in [2.24, 2.45) is 0 Å². The lowest BCUT2D eigenvalue weighted by molar-refractivity contribution is 0.482. The van der Waals surface area contributed by atoms with E-state index in [0.717, 1.165) is 0 Å². The van der Waals surface area contributed by atoms with Crippen molar-refractivity contribution in [3.8, 4) is 0 Å². The number of hydrogen-bond donors (Lipinski definition) is 1. The highest BCUT2D eigenvalue weighted by molar-refractivity contribution is 7.85. The van der Waals surface area contributed by atoms with Gasteiger partial charge in [0.05, 0.1) is 5.75 Å². The molecule has 5 nitrogen and oxygen atoms in total. The van der Waals surface area contributed by atoms with Crippen molar-refractivity contribution >= 4 is 19.4 Å². The molecule has 0 rings (SSSR count). The zero-order chi connectivity index (χ0) is 8.62. The van der Waals surface area contributed by atoms with E-state index in [9.17, 15) is 8.42 Å². The quantitative estimate of drug-likeness (QED) is 0.468. The maximum Gasteiger partial charge on any atom is 0.549 e. The van der Waals surface area contributed by atoms with Gasteiger partial charge in [0.25, 0.3) is 10.1 Å². The van der Waals surface area contributed by atoms with Crippen LogP contribution in [0, 0.1) is 0 Å². The van der Waals surface area contributed by atoms with Gasteiger partial charge in [-0.1, -0.05) is 6.92 Å². The van der Waals surface area contributed by atoms with Crippen LogP contribution >= 0.6 is 0 Å². The molecule has 0 heterocycles. The smallest absolute Gasteiger partial charge is 0.286 e. The Hall–Kier alpha value is -0.273. The average Bonchev–Trinajstić information content (AvgIpc) is 1.63. The molecule has 10 heavy (non-hydrogen) atoms. The molecule has 0 radical (unpaired) electrons. The maximum atomic E-state index is 9.79. The van der Waals surface area contributed by atoms with Crippen molar-refractivity contribution in [2.45, 2.75) is 13.3 Å². The van der Waals surface area contributed by atoms with Crippen LogP contribution in [0.15, 0.2) is 0 Å². The van der Waals surface area contributed by atoms with Crippen molar-refractivity contribution < 1.29 is 21.9 Å². The van der Waals surface area contributed by atoms with Crippen LogP contribution in [0.25, 0.3) is 0 Å². The fraction of sp³-hybridized carbons (Fsp3) is 1.00. The van der Waals surface area contributed by atoms with Crippen LogP contribution in [0.3, 0.4) is 0 Å². The molecule has 0 amide bonds. The summed E-state index contributed by atoms with van der Waals surface area (Å²) in [6.45, 7) is 1.69. The van der Waals surface area contributed by atoms with Gasteiger partial charge in [0.2, 0.25) is 0 Å². The van der Waals surface area contributed by atoms with Crippen LogP contribution in [-0.2, 0) is 19.0 Å². The maximum absolute atomic E-state index is 9.79. The Balaban J connectivity index is 0. The van der Waals surface area contributed by atoms with Gasteiger partial charge >= 0.3 is 9.29 Å². The molecular formula is C3H8O5SSi. The summed E-state index contributed by atoms with van der Waals surface area (Å²) in [5.74, 6) is -0.132. The van der Waals surface area contributed by atoms with E-state index in [-0.39, 0.29) is 5.75 Å². The summed E-state index contributed by atoms with van der Waals surface area (Å²) in [4.78, 5) is 0. The minimum atomic E-state index is -3.67. The number of rotatable bonds is 2. The Morgan fingerprint density at radius 1 is 1.40 bits per heavy atom. The third kappa shape index (κ3) is 25.2. The standard InChI is InChI=1S/C3H8O3S.O2Si/c1-2-3-7(4,5)6;1-3-2/h2-3H2,1H3,(H,4,5,6);. The fourth-order valence-corrected chi connectivity index (χ4v) is 0.774. The first-order valence-electron chi connectivity index (χ1n) is 2.42. The second kappa shape index (κ2) is 6.84. The normalized spacial score (nSPS) is 9.00. The van der Waals surface area contributed by atoms with Crippen LogP contribution in [-0.4, -0.2) is 28.0 Å². The lowest BCUT2D eigenvalue weighted by Crippen LogP contribution is -2.01. The molecule has 0 saturated carbocycles. The summed E-state index contributed by atoms with van der Waals surface area (Å²) in [6, 6.07) is 0. The summed E-state index contributed by atoms with van der Waals surface area (Å²) in [7, 11) is -5.09. The van der Waals surface area contributed by atoms with E-state index >= 15 is 0 Å². The SMILES string of the molecule is CCCS(=O)(=O)O.O=[Si]=O. The zero-order valence-electron chi connectivity index (χ0n) is 5.40. The molecule has 0 aliphatic rings. The first-order valence-corrected chi connectivity index (χ1v) is 4.85. The molecule has 0 aliphatic carbocycles. The van der Waals surface area contributed by atoms with Gasteiger partial charge in [0.15, 0.2) is 0 Å². The molecular weight excluding hydrogens is 176 g/mol. The van der Waals surface area contributed by atoms with Gasteiger partial charge in [-0.3, -0.25) is 13.5 Å². The summed E-state index contributed by atoms with van der Waals surface area (Å²) in [6.07, 6.45) is 0.471. The average molecular weight is 184 g/mol. The summed E-state index contributed by atoms with van der Waals surface area (Å²) < 4.78 is 44.4. The third-order valence-corrected chi connectivity index (χ3v) is 1.39. The lowest BCUT2D eigenvalue weighted by Gasteiger charge is -1.85. The van der Waals surface area contributed by atoms with Crippen molar-refractivity contribution in [1.29, 1.82) is 0 Å². The predicted molar refractivity (Wildman–Crippen MR) is 33.8 cm³/mol. The monoisotopic (exact) mass is 184 g/mol. The topological polar surface area (TPSA) is 88.5 Å². The fourth-order valence-electron chi connectivity index (χ4n) is 0.258. The Morgan fingerprint density at radius 3 is 1.70 bits per heavy atom. The molecule has 0 saturated heterocycles. The molecule has 0 aliphatic heterocycles. The van der Waals surface area contributed by atoms with E-state index < -0.39 is 19.4 Å². The van der Waals surface area contributed by atoms with E-state index in [1.54, 1.807) is 6.92 Å². The molecule has 0 aromatic heterocycles. The molecule has 0 aromatic carbocycles. The Labute approximate surface area is 61.1 Å². The van der Waals surface area contributed by atoms with E-state index in [0.29, 0.717) is 6.42 Å². The van der Waals surface area contributed by atoms with E-state index in [1.807, 2.05) is 0 Å². The van der Waals surface area contributed by atoms with E-state index in [4.69, 9.17) is 13.5 Å². The molecule has 7 heteroatoms. The molecule has 0 fully saturated rings. The largest absolute Gasteiger partial charge is 0.549 e. The van der Waals surface area contributed by atoms with Crippen molar-refractivity contribution in [3.05, 3.63) is 0 Å². The highest BCUT2D eigenvalue weighted by Crippen LogP contribution is 1.83. The molecule has 0 spiro atoms. The van der Waals surface area contributed by atoms with Gasteiger partial charge in [-0.15, -0.1) is 0 Å². The second-order valence-electron chi connectivity index (χ2n) is 1.37. The van der Waals surface area contributed by atoms with Crippen LogP contribution in [0.4, 0.5) is 0 Å². The van der Waals surface area contributed by atoms with Crippen molar-refractivity contribution in [3.63, 3.8) is 0 Å².